The highest BCUT2D eigenvalue weighted by Gasteiger charge is 2.34. The van der Waals surface area contributed by atoms with Gasteiger partial charge >= 0.3 is 5.97 Å². The third-order valence-corrected chi connectivity index (χ3v) is 6.52. The Morgan fingerprint density at radius 1 is 1.06 bits per heavy atom. The van der Waals surface area contributed by atoms with E-state index in [1.807, 2.05) is 0 Å². The number of likely N-dealkylation sites (tertiary alicyclic amines) is 1. The zero-order chi connectivity index (χ0) is 23.3. The fourth-order valence-electron chi connectivity index (χ4n) is 3.31. The molecular formula is C22H23FN2O6S. The van der Waals surface area contributed by atoms with Crippen LogP contribution in [-0.2, 0) is 19.6 Å². The molecule has 0 radical (unpaired) electrons. The molecule has 1 atom stereocenters. The van der Waals surface area contributed by atoms with Gasteiger partial charge in [0, 0.05) is 18.7 Å². The molecule has 0 aliphatic carbocycles. The molecule has 0 unspecified atom stereocenters. The Bertz CT molecular complexity index is 1100. The molecule has 1 heterocycles. The molecule has 0 bridgehead atoms. The highest BCUT2D eigenvalue weighted by atomic mass is 32.2. The van der Waals surface area contributed by atoms with Gasteiger partial charge in [-0.25, -0.2) is 22.3 Å². The van der Waals surface area contributed by atoms with Crippen LogP contribution in [0.2, 0.25) is 0 Å². The molecule has 8 nitrogen and oxygen atoms in total. The van der Waals surface area contributed by atoms with E-state index < -0.39 is 39.7 Å². The predicted octanol–water partition coefficient (Wildman–Crippen LogP) is 2.50. The first-order chi connectivity index (χ1) is 15.2. The second-order valence-corrected chi connectivity index (χ2v) is 8.98. The summed E-state index contributed by atoms with van der Waals surface area (Å²) in [5, 5.41) is 0. The van der Waals surface area contributed by atoms with Gasteiger partial charge < -0.3 is 4.74 Å². The summed E-state index contributed by atoms with van der Waals surface area (Å²) >= 11 is 0. The normalized spacial score (nSPS) is 17.0. The Morgan fingerprint density at radius 3 is 2.31 bits per heavy atom. The van der Waals surface area contributed by atoms with Crippen molar-refractivity contribution in [2.45, 2.75) is 37.2 Å². The van der Waals surface area contributed by atoms with Crippen molar-refractivity contribution in [3.05, 3.63) is 65.5 Å². The smallest absolute Gasteiger partial charge is 0.338 e. The van der Waals surface area contributed by atoms with Crippen LogP contribution < -0.4 is 4.72 Å². The quantitative estimate of drug-likeness (QED) is 0.522. The van der Waals surface area contributed by atoms with Crippen LogP contribution in [0.5, 0.6) is 0 Å². The van der Waals surface area contributed by atoms with Crippen LogP contribution in [0.15, 0.2) is 53.4 Å². The first kappa shape index (κ1) is 23.6. The summed E-state index contributed by atoms with van der Waals surface area (Å²) in [6.45, 7) is 2.04. The lowest BCUT2D eigenvalue weighted by Crippen LogP contribution is -2.43. The number of hydrogen-bond donors (Lipinski definition) is 1. The van der Waals surface area contributed by atoms with Gasteiger partial charge in [0.15, 0.2) is 6.10 Å². The zero-order valence-corrected chi connectivity index (χ0v) is 18.2. The van der Waals surface area contributed by atoms with E-state index in [4.69, 9.17) is 4.74 Å². The van der Waals surface area contributed by atoms with Crippen LogP contribution in [-0.4, -0.2) is 50.3 Å². The number of ether oxygens (including phenoxy) is 1. The van der Waals surface area contributed by atoms with E-state index in [0.29, 0.717) is 12.8 Å². The Hall–Kier alpha value is -3.11. The first-order valence-corrected chi connectivity index (χ1v) is 11.6. The lowest BCUT2D eigenvalue weighted by molar-refractivity contribution is -0.137. The highest BCUT2D eigenvalue weighted by Crippen LogP contribution is 2.20. The van der Waals surface area contributed by atoms with Gasteiger partial charge in [0.05, 0.1) is 10.5 Å². The Labute approximate surface area is 185 Å². The van der Waals surface area contributed by atoms with Crippen LogP contribution in [0, 0.1) is 5.82 Å². The lowest BCUT2D eigenvalue weighted by Gasteiger charge is -2.22. The van der Waals surface area contributed by atoms with E-state index in [9.17, 15) is 27.2 Å². The molecule has 1 fully saturated rings. The van der Waals surface area contributed by atoms with Crippen LogP contribution in [0.3, 0.4) is 0 Å². The van der Waals surface area contributed by atoms with Crippen molar-refractivity contribution >= 4 is 27.8 Å². The average Bonchev–Trinajstić information content (AvgIpc) is 2.95. The van der Waals surface area contributed by atoms with Gasteiger partial charge in [-0.05, 0) is 67.8 Å². The van der Waals surface area contributed by atoms with E-state index in [2.05, 4.69) is 4.72 Å². The number of nitrogens with one attached hydrogen (secondary N) is 1. The van der Waals surface area contributed by atoms with Crippen molar-refractivity contribution in [3.63, 3.8) is 0 Å². The second kappa shape index (κ2) is 10.0. The van der Waals surface area contributed by atoms with E-state index in [-0.39, 0.29) is 35.5 Å². The Balaban J connectivity index is 1.73. The number of rotatable bonds is 6. The zero-order valence-electron chi connectivity index (χ0n) is 17.4. The van der Waals surface area contributed by atoms with Crippen LogP contribution in [0.4, 0.5) is 4.39 Å². The molecule has 0 spiro atoms. The van der Waals surface area contributed by atoms with Crippen molar-refractivity contribution in [3.8, 4) is 0 Å². The number of hydrogen-bond acceptors (Lipinski definition) is 6. The molecule has 10 heteroatoms. The van der Waals surface area contributed by atoms with E-state index >= 15 is 0 Å². The summed E-state index contributed by atoms with van der Waals surface area (Å²) in [5.41, 5.74) is 0.234. The number of sulfonamides is 1. The number of carbonyl (C=O) groups excluding carboxylic acids is 3. The molecule has 2 aromatic rings. The molecule has 32 heavy (non-hydrogen) atoms. The maximum Gasteiger partial charge on any atom is 0.338 e. The van der Waals surface area contributed by atoms with Crippen molar-refractivity contribution in [2.24, 2.45) is 0 Å². The Morgan fingerprint density at radius 2 is 1.69 bits per heavy atom. The molecule has 170 valence electrons. The summed E-state index contributed by atoms with van der Waals surface area (Å²) in [4.78, 5) is 39.2. The van der Waals surface area contributed by atoms with Gasteiger partial charge in [0.25, 0.3) is 11.8 Å². The molecule has 2 aromatic carbocycles. The third kappa shape index (κ3) is 5.38. The molecule has 1 aliphatic rings. The van der Waals surface area contributed by atoms with Crippen molar-refractivity contribution < 1.29 is 31.9 Å². The third-order valence-electron chi connectivity index (χ3n) is 4.96. The SMILES string of the molecule is CCNS(=O)(=O)c1ccc(C(=O)O[C@H]2CCCCN(C(=O)c3ccc(F)cc3)C2=O)cc1. The number of imide groups is 1. The number of carbonyl (C=O) groups is 3. The number of benzene rings is 2. The van der Waals surface area contributed by atoms with E-state index in [0.717, 1.165) is 17.0 Å². The van der Waals surface area contributed by atoms with Crippen LogP contribution in [0.25, 0.3) is 0 Å². The van der Waals surface area contributed by atoms with E-state index in [1.165, 1.54) is 36.4 Å². The maximum absolute atomic E-state index is 13.1. The van der Waals surface area contributed by atoms with Crippen LogP contribution >= 0.6 is 0 Å². The number of amides is 2. The van der Waals surface area contributed by atoms with Crippen molar-refractivity contribution in [2.75, 3.05) is 13.1 Å². The van der Waals surface area contributed by atoms with Crippen molar-refractivity contribution in [1.82, 2.24) is 9.62 Å². The molecule has 1 N–H and O–H groups in total. The summed E-state index contributed by atoms with van der Waals surface area (Å²) in [5.74, 6) is -2.53. The molecule has 0 saturated carbocycles. The maximum atomic E-state index is 13.1. The summed E-state index contributed by atoms with van der Waals surface area (Å²) in [7, 11) is -3.66. The van der Waals surface area contributed by atoms with Gasteiger partial charge in [-0.2, -0.15) is 0 Å². The van der Waals surface area contributed by atoms with Gasteiger partial charge in [0.1, 0.15) is 5.82 Å². The number of nitrogens with zero attached hydrogens (tertiary/aromatic N) is 1. The van der Waals surface area contributed by atoms with Gasteiger partial charge in [-0.1, -0.05) is 6.92 Å². The Kier molecular flexibility index (Phi) is 7.37. The monoisotopic (exact) mass is 462 g/mol. The topological polar surface area (TPSA) is 110 Å². The van der Waals surface area contributed by atoms with Gasteiger partial charge in [-0.15, -0.1) is 0 Å². The molecule has 1 saturated heterocycles. The summed E-state index contributed by atoms with van der Waals surface area (Å²) in [6.07, 6.45) is 0.213. The van der Waals surface area contributed by atoms with Gasteiger partial charge in [0.2, 0.25) is 10.0 Å². The fraction of sp³-hybridized carbons (Fsp3) is 0.318. The molecule has 0 aromatic heterocycles. The lowest BCUT2D eigenvalue weighted by atomic mass is 10.1. The minimum absolute atomic E-state index is 0.00230. The molecule has 3 rings (SSSR count). The first-order valence-electron chi connectivity index (χ1n) is 10.1. The molecular weight excluding hydrogens is 439 g/mol. The minimum Gasteiger partial charge on any atom is -0.449 e. The number of halogens is 1. The summed E-state index contributed by atoms with van der Waals surface area (Å²) in [6, 6.07) is 9.99. The van der Waals surface area contributed by atoms with Crippen LogP contribution in [0.1, 0.15) is 46.9 Å². The van der Waals surface area contributed by atoms with Crippen molar-refractivity contribution in [1.29, 1.82) is 0 Å². The average molecular weight is 462 g/mol. The minimum atomic E-state index is -3.66. The molecule has 1 aliphatic heterocycles. The highest BCUT2D eigenvalue weighted by molar-refractivity contribution is 7.89. The fourth-order valence-corrected chi connectivity index (χ4v) is 4.35. The largest absolute Gasteiger partial charge is 0.449 e. The summed E-state index contributed by atoms with van der Waals surface area (Å²) < 4.78 is 44.9. The predicted molar refractivity (Wildman–Crippen MR) is 113 cm³/mol. The van der Waals surface area contributed by atoms with E-state index in [1.54, 1.807) is 6.92 Å². The standard InChI is InChI=1S/C22H23FN2O6S/c1-2-24-32(29,30)18-12-8-16(9-13-18)22(28)31-19-5-3-4-14-25(21(19)27)20(26)15-6-10-17(23)11-7-15/h6-13,19,24H,2-5,14H2,1H3/t19-/m0/s1. The molecule has 2 amide bonds. The van der Waals surface area contributed by atoms with Gasteiger partial charge in [-0.3, -0.25) is 14.5 Å². The second-order valence-electron chi connectivity index (χ2n) is 7.22. The number of esters is 1.